The maximum atomic E-state index is 10.7. The van der Waals surface area contributed by atoms with Crippen LogP contribution < -0.4 is 0 Å². The molecule has 0 aromatic heterocycles. The molecule has 0 rings (SSSR count). The van der Waals surface area contributed by atoms with E-state index in [0.29, 0.717) is 0 Å². The van der Waals surface area contributed by atoms with Gasteiger partial charge in [0, 0.05) is 0 Å². The molecule has 0 aromatic rings. The molecular formula is C6H16O7P2. The largest absolute Gasteiger partial charge is 0.392 e. The first-order valence-corrected chi connectivity index (χ1v) is 7.61. The second-order valence-corrected chi connectivity index (χ2v) is 7.62. The molecule has 0 aliphatic rings. The standard InChI is InChI=1S/C6H16O7P2/c1-4(14(8,9)10)3-6(7)5(2)15(11,12)13/h4-7H,3H2,1-2H3,(H2,8,9,10)(H2,11,12,13). The van der Waals surface area contributed by atoms with E-state index in [4.69, 9.17) is 19.6 Å². The Morgan fingerprint density at radius 3 is 1.67 bits per heavy atom. The zero-order valence-corrected chi connectivity index (χ0v) is 10.2. The monoisotopic (exact) mass is 262 g/mol. The molecule has 0 aromatic carbocycles. The third kappa shape index (κ3) is 5.22. The molecule has 3 unspecified atom stereocenters. The number of rotatable bonds is 5. The Balaban J connectivity index is 4.45. The molecule has 0 aliphatic heterocycles. The van der Waals surface area contributed by atoms with Crippen molar-refractivity contribution in [3.05, 3.63) is 0 Å². The fourth-order valence-corrected chi connectivity index (χ4v) is 1.97. The van der Waals surface area contributed by atoms with Gasteiger partial charge >= 0.3 is 15.2 Å². The van der Waals surface area contributed by atoms with Crippen LogP contribution in [0.5, 0.6) is 0 Å². The van der Waals surface area contributed by atoms with Crippen molar-refractivity contribution in [2.75, 3.05) is 0 Å². The van der Waals surface area contributed by atoms with Crippen LogP contribution in [-0.2, 0) is 9.13 Å². The van der Waals surface area contributed by atoms with E-state index in [2.05, 4.69) is 0 Å². The van der Waals surface area contributed by atoms with E-state index in [1.807, 2.05) is 0 Å². The molecule has 0 spiro atoms. The van der Waals surface area contributed by atoms with Crippen molar-refractivity contribution in [1.82, 2.24) is 0 Å². The van der Waals surface area contributed by atoms with Gasteiger partial charge in [0.25, 0.3) is 0 Å². The Morgan fingerprint density at radius 2 is 1.40 bits per heavy atom. The maximum absolute atomic E-state index is 10.7. The smallest absolute Gasteiger partial charge is 0.330 e. The molecule has 15 heavy (non-hydrogen) atoms. The predicted octanol–water partition coefficient (Wildman–Crippen LogP) is -0.130. The van der Waals surface area contributed by atoms with Crippen molar-refractivity contribution in [3.63, 3.8) is 0 Å². The van der Waals surface area contributed by atoms with Crippen LogP contribution in [0, 0.1) is 0 Å². The van der Waals surface area contributed by atoms with Crippen LogP contribution in [0.25, 0.3) is 0 Å². The quantitative estimate of drug-likeness (QED) is 0.435. The fourth-order valence-electron chi connectivity index (χ4n) is 0.908. The van der Waals surface area contributed by atoms with E-state index in [0.717, 1.165) is 6.92 Å². The summed E-state index contributed by atoms with van der Waals surface area (Å²) in [5.41, 5.74) is -2.45. The summed E-state index contributed by atoms with van der Waals surface area (Å²) < 4.78 is 21.5. The third-order valence-corrected chi connectivity index (χ3v) is 5.01. The van der Waals surface area contributed by atoms with Gasteiger partial charge in [-0.05, 0) is 13.3 Å². The van der Waals surface area contributed by atoms with E-state index in [1.54, 1.807) is 0 Å². The molecule has 0 fully saturated rings. The summed E-state index contributed by atoms with van der Waals surface area (Å²) in [6, 6.07) is 0. The van der Waals surface area contributed by atoms with E-state index in [-0.39, 0.29) is 6.42 Å². The van der Waals surface area contributed by atoms with Crippen LogP contribution in [0.1, 0.15) is 20.3 Å². The second kappa shape index (κ2) is 5.06. The minimum absolute atomic E-state index is 0.351. The van der Waals surface area contributed by atoms with Gasteiger partial charge in [0.15, 0.2) is 0 Å². The average Bonchev–Trinajstić information content (AvgIpc) is 1.99. The lowest BCUT2D eigenvalue weighted by molar-refractivity contribution is 0.148. The summed E-state index contributed by atoms with van der Waals surface area (Å²) in [5, 5.41) is 9.35. The first-order valence-electron chi connectivity index (χ1n) is 4.24. The lowest BCUT2D eigenvalue weighted by Gasteiger charge is -2.23. The third-order valence-electron chi connectivity index (χ3n) is 2.24. The van der Waals surface area contributed by atoms with Gasteiger partial charge in [-0.15, -0.1) is 0 Å². The van der Waals surface area contributed by atoms with Gasteiger partial charge in [-0.3, -0.25) is 9.13 Å². The second-order valence-electron chi connectivity index (χ2n) is 3.57. The van der Waals surface area contributed by atoms with Gasteiger partial charge < -0.3 is 24.7 Å². The van der Waals surface area contributed by atoms with Gasteiger partial charge in [-0.25, -0.2) is 0 Å². The molecule has 0 radical (unpaired) electrons. The Labute approximate surface area is 87.5 Å². The lowest BCUT2D eigenvalue weighted by Crippen LogP contribution is -2.27. The lowest BCUT2D eigenvalue weighted by atomic mass is 10.1. The summed E-state index contributed by atoms with van der Waals surface area (Å²) >= 11 is 0. The highest BCUT2D eigenvalue weighted by atomic mass is 31.2. The minimum Gasteiger partial charge on any atom is -0.392 e. The number of hydrogen-bond donors (Lipinski definition) is 5. The minimum atomic E-state index is -4.42. The molecule has 0 saturated carbocycles. The first kappa shape index (κ1) is 15.3. The zero-order valence-electron chi connectivity index (χ0n) is 8.39. The maximum Gasteiger partial charge on any atom is 0.330 e. The molecule has 0 amide bonds. The van der Waals surface area contributed by atoms with Crippen molar-refractivity contribution in [2.45, 2.75) is 37.7 Å². The van der Waals surface area contributed by atoms with Crippen molar-refractivity contribution >= 4 is 15.2 Å². The van der Waals surface area contributed by atoms with Gasteiger partial charge in [-0.2, -0.15) is 0 Å². The molecular weight excluding hydrogens is 246 g/mol. The van der Waals surface area contributed by atoms with Gasteiger partial charge in [0.05, 0.1) is 17.4 Å². The van der Waals surface area contributed by atoms with E-state index in [1.165, 1.54) is 6.92 Å². The summed E-state index contributed by atoms with van der Waals surface area (Å²) in [5.74, 6) is 0. The van der Waals surface area contributed by atoms with Gasteiger partial charge in [0.1, 0.15) is 0 Å². The van der Waals surface area contributed by atoms with Crippen LogP contribution in [0.4, 0.5) is 0 Å². The molecule has 0 bridgehead atoms. The van der Waals surface area contributed by atoms with E-state index >= 15 is 0 Å². The molecule has 5 N–H and O–H groups in total. The molecule has 0 heterocycles. The normalized spacial score (nSPS) is 19.7. The average molecular weight is 262 g/mol. The van der Waals surface area contributed by atoms with Crippen molar-refractivity contribution in [1.29, 1.82) is 0 Å². The molecule has 3 atom stereocenters. The summed E-state index contributed by atoms with van der Waals surface area (Å²) in [4.78, 5) is 34.9. The Bertz CT molecular complexity index is 292. The number of hydrogen-bond acceptors (Lipinski definition) is 3. The van der Waals surface area contributed by atoms with Crippen LogP contribution in [0.3, 0.4) is 0 Å². The summed E-state index contributed by atoms with van der Waals surface area (Å²) in [7, 11) is -8.74. The summed E-state index contributed by atoms with van der Waals surface area (Å²) in [6.45, 7) is 2.36. The van der Waals surface area contributed by atoms with Crippen molar-refractivity contribution < 1.29 is 33.8 Å². The SMILES string of the molecule is CC(CC(O)C(C)P(=O)(O)O)P(=O)(O)O. The van der Waals surface area contributed by atoms with Crippen molar-refractivity contribution in [3.8, 4) is 0 Å². The Morgan fingerprint density at radius 1 is 1.00 bits per heavy atom. The van der Waals surface area contributed by atoms with Crippen molar-refractivity contribution in [2.24, 2.45) is 0 Å². The van der Waals surface area contributed by atoms with Crippen LogP contribution in [0.15, 0.2) is 0 Å². The van der Waals surface area contributed by atoms with Crippen LogP contribution in [-0.4, -0.2) is 42.1 Å². The first-order chi connectivity index (χ1) is 6.46. The zero-order chi connectivity index (χ0) is 12.4. The van der Waals surface area contributed by atoms with Crippen LogP contribution in [0.2, 0.25) is 0 Å². The fraction of sp³-hybridized carbons (Fsp3) is 1.00. The van der Waals surface area contributed by atoms with E-state index < -0.39 is 32.6 Å². The molecule has 0 saturated heterocycles. The Kier molecular flexibility index (Phi) is 5.15. The van der Waals surface area contributed by atoms with Gasteiger partial charge in [0.2, 0.25) is 0 Å². The Hall–Kier alpha value is 0.260. The summed E-state index contributed by atoms with van der Waals surface area (Å²) in [6.07, 6.45) is -1.79. The number of aliphatic hydroxyl groups is 1. The predicted molar refractivity (Wildman–Crippen MR) is 53.6 cm³/mol. The number of aliphatic hydroxyl groups excluding tert-OH is 1. The molecule has 7 nitrogen and oxygen atoms in total. The highest BCUT2D eigenvalue weighted by molar-refractivity contribution is 7.53. The molecule has 0 aliphatic carbocycles. The molecule has 9 heteroatoms. The highest BCUT2D eigenvalue weighted by Gasteiger charge is 2.35. The van der Waals surface area contributed by atoms with Crippen LogP contribution >= 0.6 is 15.2 Å². The topological polar surface area (TPSA) is 135 Å². The molecule has 92 valence electrons. The van der Waals surface area contributed by atoms with E-state index in [9.17, 15) is 14.2 Å². The highest BCUT2D eigenvalue weighted by Crippen LogP contribution is 2.47. The van der Waals surface area contributed by atoms with Gasteiger partial charge in [-0.1, -0.05) is 6.92 Å².